The highest BCUT2D eigenvalue weighted by Gasteiger charge is 2.19. The predicted octanol–water partition coefficient (Wildman–Crippen LogP) is 3.67. The number of hydrogen-bond acceptors (Lipinski definition) is 7. The van der Waals surface area contributed by atoms with Crippen LogP contribution in [0, 0.1) is 15.9 Å². The van der Waals surface area contributed by atoms with Gasteiger partial charge in [-0.05, 0) is 18.2 Å². The molecule has 1 N–H and O–H groups in total. The van der Waals surface area contributed by atoms with E-state index in [4.69, 9.17) is 4.74 Å². The Kier molecular flexibility index (Phi) is 5.06. The van der Waals surface area contributed by atoms with E-state index >= 15 is 0 Å². The first-order valence-electron chi connectivity index (χ1n) is 7.37. The number of nitrogens with one attached hydrogen (secondary N) is 1. The van der Waals surface area contributed by atoms with E-state index in [9.17, 15) is 22.9 Å². The zero-order chi connectivity index (χ0) is 19.6. The number of halogens is 1. The van der Waals surface area contributed by atoms with E-state index in [0.717, 1.165) is 17.4 Å². The van der Waals surface area contributed by atoms with Crippen LogP contribution >= 0.6 is 11.3 Å². The number of nitro groups is 1. The molecule has 1 aromatic heterocycles. The number of non-ortho nitro benzene ring substituents is 1. The fourth-order valence-electron chi connectivity index (χ4n) is 2.22. The van der Waals surface area contributed by atoms with Crippen LogP contribution in [-0.2, 0) is 10.0 Å². The molecule has 0 atom stereocenters. The first-order chi connectivity index (χ1) is 12.8. The van der Waals surface area contributed by atoms with Crippen LogP contribution in [0.5, 0.6) is 5.75 Å². The summed E-state index contributed by atoms with van der Waals surface area (Å²) in [4.78, 5) is 14.2. The highest BCUT2D eigenvalue weighted by Crippen LogP contribution is 2.29. The zero-order valence-corrected chi connectivity index (χ0v) is 15.4. The van der Waals surface area contributed by atoms with Crippen molar-refractivity contribution in [3.05, 3.63) is 63.8 Å². The fraction of sp³-hybridized carbons (Fsp3) is 0.0625. The third-order valence-corrected chi connectivity index (χ3v) is 5.74. The van der Waals surface area contributed by atoms with Gasteiger partial charge in [0.1, 0.15) is 0 Å². The van der Waals surface area contributed by atoms with E-state index in [0.29, 0.717) is 11.3 Å². The summed E-state index contributed by atoms with van der Waals surface area (Å²) in [5, 5.41) is 12.5. The summed E-state index contributed by atoms with van der Waals surface area (Å²) in [5.74, 6) is -0.882. The third kappa shape index (κ3) is 4.04. The van der Waals surface area contributed by atoms with E-state index < -0.39 is 20.8 Å². The third-order valence-electron chi connectivity index (χ3n) is 3.51. The first-order valence-corrected chi connectivity index (χ1v) is 9.73. The molecule has 27 heavy (non-hydrogen) atoms. The van der Waals surface area contributed by atoms with Gasteiger partial charge in [0.2, 0.25) is 0 Å². The minimum atomic E-state index is -4.06. The number of benzene rings is 2. The Morgan fingerprint density at radius 2 is 2.04 bits per heavy atom. The van der Waals surface area contributed by atoms with Crippen molar-refractivity contribution < 1.29 is 22.5 Å². The largest absolute Gasteiger partial charge is 0.494 e. The molecule has 0 aliphatic rings. The van der Waals surface area contributed by atoms with Crippen molar-refractivity contribution in [2.75, 3.05) is 11.8 Å². The van der Waals surface area contributed by atoms with Crippen molar-refractivity contribution >= 4 is 32.2 Å². The number of hydrogen-bond donors (Lipinski definition) is 1. The molecule has 0 saturated carbocycles. The monoisotopic (exact) mass is 409 g/mol. The van der Waals surface area contributed by atoms with Gasteiger partial charge in [0, 0.05) is 23.1 Å². The van der Waals surface area contributed by atoms with Gasteiger partial charge in [-0.15, -0.1) is 11.3 Å². The predicted molar refractivity (Wildman–Crippen MR) is 98.0 cm³/mol. The molecular formula is C16H12FN3O5S2. The van der Waals surface area contributed by atoms with Crippen molar-refractivity contribution in [1.29, 1.82) is 0 Å². The second-order valence-corrected chi connectivity index (χ2v) is 7.79. The van der Waals surface area contributed by atoms with E-state index in [-0.39, 0.29) is 21.5 Å². The molecule has 0 aliphatic carbocycles. The first kappa shape index (κ1) is 18.7. The van der Waals surface area contributed by atoms with Crippen molar-refractivity contribution in [2.24, 2.45) is 0 Å². The Morgan fingerprint density at radius 3 is 2.70 bits per heavy atom. The minimum Gasteiger partial charge on any atom is -0.494 e. The lowest BCUT2D eigenvalue weighted by atomic mass is 10.1. The van der Waals surface area contributed by atoms with Crippen LogP contribution < -0.4 is 9.46 Å². The standard InChI is InChI=1S/C16H12FN3O5S2/c1-25-15-6-5-12(8-13(15)17)27(23,24)19-16-18-14(9-26-16)10-3-2-4-11(7-10)20(21)22/h2-9H,1H3,(H,18,19). The van der Waals surface area contributed by atoms with Gasteiger partial charge in [-0.25, -0.2) is 17.8 Å². The number of aromatic nitrogens is 1. The second-order valence-electron chi connectivity index (χ2n) is 5.25. The zero-order valence-electron chi connectivity index (χ0n) is 13.7. The molecule has 3 aromatic rings. The Hall–Kier alpha value is -3.05. The molecule has 0 spiro atoms. The molecule has 11 heteroatoms. The quantitative estimate of drug-likeness (QED) is 0.491. The summed E-state index contributed by atoms with van der Waals surface area (Å²) in [7, 11) is -2.78. The van der Waals surface area contributed by atoms with Gasteiger partial charge in [0.15, 0.2) is 16.7 Å². The van der Waals surface area contributed by atoms with Crippen molar-refractivity contribution in [3.8, 4) is 17.0 Å². The van der Waals surface area contributed by atoms with Crippen LogP contribution in [0.3, 0.4) is 0 Å². The van der Waals surface area contributed by atoms with Gasteiger partial charge >= 0.3 is 0 Å². The number of rotatable bonds is 6. The number of sulfonamides is 1. The highest BCUT2D eigenvalue weighted by molar-refractivity contribution is 7.93. The molecule has 3 rings (SSSR count). The van der Waals surface area contributed by atoms with Gasteiger partial charge in [-0.2, -0.15) is 0 Å². The number of ether oxygens (including phenoxy) is 1. The summed E-state index contributed by atoms with van der Waals surface area (Å²) < 4.78 is 45.6. The smallest absolute Gasteiger partial charge is 0.270 e. The Bertz CT molecular complexity index is 1110. The van der Waals surface area contributed by atoms with Crippen molar-refractivity contribution in [3.63, 3.8) is 0 Å². The number of nitrogens with zero attached hydrogens (tertiary/aromatic N) is 2. The lowest BCUT2D eigenvalue weighted by Gasteiger charge is -2.07. The highest BCUT2D eigenvalue weighted by atomic mass is 32.2. The van der Waals surface area contributed by atoms with Gasteiger partial charge in [-0.3, -0.25) is 14.8 Å². The summed E-state index contributed by atoms with van der Waals surface area (Å²) in [5.41, 5.74) is 0.750. The molecule has 0 radical (unpaired) electrons. The van der Waals surface area contributed by atoms with Crippen LogP contribution in [0.2, 0.25) is 0 Å². The van der Waals surface area contributed by atoms with Crippen LogP contribution in [0.4, 0.5) is 15.2 Å². The Labute approximate surface area is 157 Å². The Morgan fingerprint density at radius 1 is 1.26 bits per heavy atom. The number of methoxy groups -OCH3 is 1. The topological polar surface area (TPSA) is 111 Å². The summed E-state index contributed by atoms with van der Waals surface area (Å²) in [6, 6.07) is 9.08. The normalized spacial score (nSPS) is 11.2. The molecule has 0 fully saturated rings. The summed E-state index contributed by atoms with van der Waals surface area (Å²) in [6.07, 6.45) is 0. The number of thiazole rings is 1. The van der Waals surface area contributed by atoms with Gasteiger partial charge in [0.05, 0.1) is 22.6 Å². The number of nitro benzene ring substituents is 1. The molecule has 0 bridgehead atoms. The van der Waals surface area contributed by atoms with Crippen molar-refractivity contribution in [1.82, 2.24) is 4.98 Å². The number of anilines is 1. The minimum absolute atomic E-state index is 0.0488. The van der Waals surface area contributed by atoms with Crippen LogP contribution in [-0.4, -0.2) is 25.4 Å². The van der Waals surface area contributed by atoms with E-state index in [1.54, 1.807) is 11.4 Å². The Balaban J connectivity index is 1.86. The second kappa shape index (κ2) is 7.29. The fourth-order valence-corrected chi connectivity index (χ4v) is 4.20. The SMILES string of the molecule is COc1ccc(S(=O)(=O)Nc2nc(-c3cccc([N+](=O)[O-])c3)cs2)cc1F. The molecule has 8 nitrogen and oxygen atoms in total. The van der Waals surface area contributed by atoms with E-state index in [1.165, 1.54) is 37.4 Å². The molecule has 1 heterocycles. The maximum Gasteiger partial charge on any atom is 0.270 e. The van der Waals surface area contributed by atoms with Crippen LogP contribution in [0.1, 0.15) is 0 Å². The summed E-state index contributed by atoms with van der Waals surface area (Å²) >= 11 is 1.00. The molecule has 0 amide bonds. The molecule has 0 aliphatic heterocycles. The average Bonchev–Trinajstić information content (AvgIpc) is 3.09. The molecule has 0 unspecified atom stereocenters. The van der Waals surface area contributed by atoms with Crippen LogP contribution in [0.15, 0.2) is 52.7 Å². The van der Waals surface area contributed by atoms with Gasteiger partial charge < -0.3 is 4.74 Å². The average molecular weight is 409 g/mol. The van der Waals surface area contributed by atoms with Gasteiger partial charge in [-0.1, -0.05) is 12.1 Å². The maximum absolute atomic E-state index is 13.8. The molecule has 2 aromatic carbocycles. The van der Waals surface area contributed by atoms with Crippen LogP contribution in [0.25, 0.3) is 11.3 Å². The lowest BCUT2D eigenvalue weighted by molar-refractivity contribution is -0.384. The maximum atomic E-state index is 13.8. The molecule has 140 valence electrons. The summed E-state index contributed by atoms with van der Waals surface area (Å²) in [6.45, 7) is 0. The van der Waals surface area contributed by atoms with Gasteiger partial charge in [0.25, 0.3) is 15.7 Å². The van der Waals surface area contributed by atoms with Crippen molar-refractivity contribution in [2.45, 2.75) is 4.90 Å². The lowest BCUT2D eigenvalue weighted by Crippen LogP contribution is -2.13. The molecular weight excluding hydrogens is 397 g/mol. The van der Waals surface area contributed by atoms with E-state index in [1.807, 2.05) is 0 Å². The molecule has 0 saturated heterocycles. The van der Waals surface area contributed by atoms with E-state index in [2.05, 4.69) is 9.71 Å².